The lowest BCUT2D eigenvalue weighted by Crippen LogP contribution is -2.48. The summed E-state index contributed by atoms with van der Waals surface area (Å²) >= 11 is 0. The molecule has 1 fully saturated rings. The van der Waals surface area contributed by atoms with Crippen molar-refractivity contribution in [2.45, 2.75) is 25.3 Å². The molecule has 0 radical (unpaired) electrons. The number of rotatable bonds is 2. The Kier molecular flexibility index (Phi) is 3.97. The van der Waals surface area contributed by atoms with Crippen molar-refractivity contribution in [3.63, 3.8) is 0 Å². The van der Waals surface area contributed by atoms with Crippen molar-refractivity contribution in [2.75, 3.05) is 20.1 Å². The SMILES string of the molecule is CC(=O)NC1CC(c2cccc(F)c2)CN(C)C1. The molecule has 2 atom stereocenters. The number of likely N-dealkylation sites (tertiary alicyclic amines) is 1. The van der Waals surface area contributed by atoms with Gasteiger partial charge in [0.15, 0.2) is 0 Å². The Labute approximate surface area is 107 Å². The number of carbonyl (C=O) groups is 1. The normalized spacial score (nSPS) is 24.8. The zero-order valence-corrected chi connectivity index (χ0v) is 10.8. The number of nitrogens with zero attached hydrogens (tertiary/aromatic N) is 1. The standard InChI is InChI=1S/C14H19FN2O/c1-10(18)16-14-7-12(8-17(2)9-14)11-4-3-5-13(15)6-11/h3-6,12,14H,7-9H2,1-2H3,(H,16,18). The predicted octanol–water partition coefficient (Wildman–Crippen LogP) is 1.75. The highest BCUT2D eigenvalue weighted by molar-refractivity contribution is 5.73. The van der Waals surface area contributed by atoms with E-state index in [0.717, 1.165) is 25.1 Å². The Bertz CT molecular complexity index is 436. The molecule has 1 N–H and O–H groups in total. The smallest absolute Gasteiger partial charge is 0.217 e. The van der Waals surface area contributed by atoms with E-state index in [4.69, 9.17) is 0 Å². The van der Waals surface area contributed by atoms with Gasteiger partial charge in [0.05, 0.1) is 0 Å². The molecule has 0 aromatic heterocycles. The molecule has 2 unspecified atom stereocenters. The highest BCUT2D eigenvalue weighted by Crippen LogP contribution is 2.26. The van der Waals surface area contributed by atoms with Crippen LogP contribution in [0.25, 0.3) is 0 Å². The van der Waals surface area contributed by atoms with Crippen LogP contribution in [0, 0.1) is 5.82 Å². The minimum atomic E-state index is -0.197. The first-order valence-corrected chi connectivity index (χ1v) is 6.25. The van der Waals surface area contributed by atoms with Gasteiger partial charge in [-0.1, -0.05) is 12.1 Å². The monoisotopic (exact) mass is 250 g/mol. The minimum absolute atomic E-state index is 0.00621. The number of piperidine rings is 1. The van der Waals surface area contributed by atoms with Crippen LogP contribution < -0.4 is 5.32 Å². The van der Waals surface area contributed by atoms with E-state index in [1.165, 1.54) is 13.0 Å². The Morgan fingerprint density at radius 3 is 2.89 bits per heavy atom. The maximum Gasteiger partial charge on any atom is 0.217 e. The van der Waals surface area contributed by atoms with Gasteiger partial charge >= 0.3 is 0 Å². The maximum atomic E-state index is 13.2. The second-order valence-corrected chi connectivity index (χ2v) is 5.11. The summed E-state index contributed by atoms with van der Waals surface area (Å²) in [5, 5.41) is 2.95. The Morgan fingerprint density at radius 1 is 1.44 bits per heavy atom. The topological polar surface area (TPSA) is 32.3 Å². The second-order valence-electron chi connectivity index (χ2n) is 5.11. The lowest BCUT2D eigenvalue weighted by atomic mass is 9.88. The molecule has 18 heavy (non-hydrogen) atoms. The minimum Gasteiger partial charge on any atom is -0.352 e. The molecular formula is C14H19FN2O. The van der Waals surface area contributed by atoms with Crippen molar-refractivity contribution in [3.8, 4) is 0 Å². The molecular weight excluding hydrogens is 231 g/mol. The van der Waals surface area contributed by atoms with Gasteiger partial charge in [-0.25, -0.2) is 4.39 Å². The van der Waals surface area contributed by atoms with Crippen molar-refractivity contribution in [2.24, 2.45) is 0 Å². The average Bonchev–Trinajstić information content (AvgIpc) is 2.27. The summed E-state index contributed by atoms with van der Waals surface area (Å²) in [6.45, 7) is 3.29. The lowest BCUT2D eigenvalue weighted by molar-refractivity contribution is -0.120. The number of amides is 1. The van der Waals surface area contributed by atoms with Gasteiger partial charge in [0.1, 0.15) is 5.82 Å². The van der Waals surface area contributed by atoms with Crippen molar-refractivity contribution in [1.82, 2.24) is 10.2 Å². The number of benzene rings is 1. The summed E-state index contributed by atoms with van der Waals surface area (Å²) in [7, 11) is 2.03. The van der Waals surface area contributed by atoms with Crippen LogP contribution in [0.5, 0.6) is 0 Å². The third kappa shape index (κ3) is 3.29. The first-order valence-electron chi connectivity index (χ1n) is 6.25. The van der Waals surface area contributed by atoms with Gasteiger partial charge in [-0.3, -0.25) is 4.79 Å². The van der Waals surface area contributed by atoms with Gasteiger partial charge in [-0.2, -0.15) is 0 Å². The van der Waals surface area contributed by atoms with E-state index in [1.807, 2.05) is 13.1 Å². The molecule has 1 heterocycles. The van der Waals surface area contributed by atoms with Crippen LogP contribution in [0.1, 0.15) is 24.8 Å². The van der Waals surface area contributed by atoms with Gasteiger partial charge in [0.25, 0.3) is 0 Å². The van der Waals surface area contributed by atoms with E-state index in [9.17, 15) is 9.18 Å². The number of likely N-dealkylation sites (N-methyl/N-ethyl adjacent to an activating group) is 1. The highest BCUT2D eigenvalue weighted by Gasteiger charge is 2.26. The van der Waals surface area contributed by atoms with E-state index in [1.54, 1.807) is 12.1 Å². The number of nitrogens with one attached hydrogen (secondary N) is 1. The van der Waals surface area contributed by atoms with Gasteiger partial charge < -0.3 is 10.2 Å². The van der Waals surface area contributed by atoms with Crippen molar-refractivity contribution in [3.05, 3.63) is 35.6 Å². The molecule has 1 aromatic rings. The molecule has 1 aromatic carbocycles. The third-order valence-corrected chi connectivity index (χ3v) is 3.36. The van der Waals surface area contributed by atoms with Crippen LogP contribution in [0.15, 0.2) is 24.3 Å². The molecule has 0 bridgehead atoms. The van der Waals surface area contributed by atoms with Gasteiger partial charge in [0, 0.05) is 26.1 Å². The quantitative estimate of drug-likeness (QED) is 0.867. The zero-order chi connectivity index (χ0) is 13.1. The molecule has 0 spiro atoms. The number of hydrogen-bond acceptors (Lipinski definition) is 2. The van der Waals surface area contributed by atoms with Crippen LogP contribution in [-0.4, -0.2) is 37.0 Å². The second kappa shape index (κ2) is 5.48. The molecule has 3 nitrogen and oxygen atoms in total. The van der Waals surface area contributed by atoms with E-state index < -0.39 is 0 Å². The third-order valence-electron chi connectivity index (χ3n) is 3.36. The fraction of sp³-hybridized carbons (Fsp3) is 0.500. The first-order chi connectivity index (χ1) is 8.54. The van der Waals surface area contributed by atoms with Crippen LogP contribution >= 0.6 is 0 Å². The molecule has 1 aliphatic heterocycles. The number of carbonyl (C=O) groups excluding carboxylic acids is 1. The largest absolute Gasteiger partial charge is 0.352 e. The van der Waals surface area contributed by atoms with E-state index in [2.05, 4.69) is 10.2 Å². The Balaban J connectivity index is 2.10. The molecule has 4 heteroatoms. The molecule has 1 saturated heterocycles. The van der Waals surface area contributed by atoms with Crippen LogP contribution in [0.2, 0.25) is 0 Å². The summed E-state index contributed by atoms with van der Waals surface area (Å²) < 4.78 is 13.2. The van der Waals surface area contributed by atoms with Crippen molar-refractivity contribution < 1.29 is 9.18 Å². The van der Waals surface area contributed by atoms with Crippen molar-refractivity contribution >= 4 is 5.91 Å². The van der Waals surface area contributed by atoms with E-state index >= 15 is 0 Å². The molecule has 1 amide bonds. The molecule has 0 aliphatic carbocycles. The van der Waals surface area contributed by atoms with Gasteiger partial charge in [-0.15, -0.1) is 0 Å². The zero-order valence-electron chi connectivity index (χ0n) is 10.8. The summed E-state index contributed by atoms with van der Waals surface area (Å²) in [4.78, 5) is 13.3. The number of hydrogen-bond donors (Lipinski definition) is 1. The fourth-order valence-electron chi connectivity index (χ4n) is 2.71. The molecule has 98 valence electrons. The summed E-state index contributed by atoms with van der Waals surface area (Å²) in [6.07, 6.45) is 0.868. The van der Waals surface area contributed by atoms with E-state index in [-0.39, 0.29) is 23.7 Å². The van der Waals surface area contributed by atoms with E-state index in [0.29, 0.717) is 0 Å². The Hall–Kier alpha value is -1.42. The van der Waals surface area contributed by atoms with Crippen LogP contribution in [-0.2, 0) is 4.79 Å². The van der Waals surface area contributed by atoms with Crippen LogP contribution in [0.4, 0.5) is 4.39 Å². The molecule has 0 saturated carbocycles. The van der Waals surface area contributed by atoms with Gasteiger partial charge in [-0.05, 0) is 37.1 Å². The fourth-order valence-corrected chi connectivity index (χ4v) is 2.71. The first kappa shape index (κ1) is 13.0. The summed E-state index contributed by atoms with van der Waals surface area (Å²) in [5.74, 6) is 0.0707. The summed E-state index contributed by atoms with van der Waals surface area (Å²) in [6, 6.07) is 6.90. The van der Waals surface area contributed by atoms with Gasteiger partial charge in [0.2, 0.25) is 5.91 Å². The molecule has 1 aliphatic rings. The van der Waals surface area contributed by atoms with Crippen LogP contribution in [0.3, 0.4) is 0 Å². The summed E-state index contributed by atoms with van der Waals surface area (Å²) in [5.41, 5.74) is 1.01. The maximum absolute atomic E-state index is 13.2. The Morgan fingerprint density at radius 2 is 2.22 bits per heavy atom. The molecule has 2 rings (SSSR count). The highest BCUT2D eigenvalue weighted by atomic mass is 19.1. The number of halogens is 1. The van der Waals surface area contributed by atoms with Crippen molar-refractivity contribution in [1.29, 1.82) is 0 Å². The predicted molar refractivity (Wildman–Crippen MR) is 68.9 cm³/mol. The average molecular weight is 250 g/mol. The lowest BCUT2D eigenvalue weighted by Gasteiger charge is -2.36.